The molecular formula is C17H25F6N5O4. The van der Waals surface area contributed by atoms with E-state index in [1.54, 1.807) is 6.20 Å². The number of nitrogens with zero attached hydrogens (tertiary/aromatic N) is 3. The summed E-state index contributed by atoms with van der Waals surface area (Å²) in [5, 5.41) is 17.5. The first kappa shape index (κ1) is 29.2. The number of rotatable bonds is 3. The molecule has 32 heavy (non-hydrogen) atoms. The smallest absolute Gasteiger partial charge is 0.475 e. The number of carbonyl (C=O) groups is 2. The number of hydrogen-bond acceptors (Lipinski definition) is 7. The van der Waals surface area contributed by atoms with E-state index < -0.39 is 24.3 Å². The zero-order valence-electron chi connectivity index (χ0n) is 17.5. The zero-order valence-corrected chi connectivity index (χ0v) is 17.5. The van der Waals surface area contributed by atoms with E-state index >= 15 is 0 Å². The van der Waals surface area contributed by atoms with E-state index in [9.17, 15) is 26.3 Å². The molecule has 0 saturated carbocycles. The second-order valence-corrected chi connectivity index (χ2v) is 7.75. The fourth-order valence-electron chi connectivity index (χ4n) is 1.95. The fraction of sp³-hybridized carbons (Fsp3) is 0.647. The van der Waals surface area contributed by atoms with Gasteiger partial charge in [-0.2, -0.15) is 31.3 Å². The maximum absolute atomic E-state index is 10.6. The van der Waals surface area contributed by atoms with E-state index in [0.717, 1.165) is 31.9 Å². The number of alkyl halides is 6. The molecule has 2 rings (SSSR count). The van der Waals surface area contributed by atoms with Crippen molar-refractivity contribution in [1.82, 2.24) is 9.97 Å². The highest BCUT2D eigenvalue weighted by Gasteiger charge is 2.38. The number of nitrogens with two attached hydrogens (primary N) is 1. The summed E-state index contributed by atoms with van der Waals surface area (Å²) in [4.78, 5) is 28.8. The SMILES string of the molecule is CC(C)(C)CNc1nccc(N2CC[C@@H](N)C2)n1.O=C(O)C(F)(F)F.O=C(O)C(F)(F)F. The van der Waals surface area contributed by atoms with Gasteiger partial charge >= 0.3 is 24.3 Å². The van der Waals surface area contributed by atoms with Gasteiger partial charge in [-0.25, -0.2) is 14.6 Å². The molecule has 0 unspecified atom stereocenters. The predicted octanol–water partition coefficient (Wildman–Crippen LogP) is 2.74. The fourth-order valence-corrected chi connectivity index (χ4v) is 1.95. The maximum atomic E-state index is 10.6. The molecule has 0 radical (unpaired) electrons. The molecule has 1 fully saturated rings. The van der Waals surface area contributed by atoms with Crippen LogP contribution in [0.1, 0.15) is 27.2 Å². The molecule has 15 heteroatoms. The van der Waals surface area contributed by atoms with Gasteiger partial charge < -0.3 is 26.2 Å². The molecule has 0 bridgehead atoms. The molecule has 1 aliphatic rings. The third-order valence-electron chi connectivity index (χ3n) is 3.45. The number of anilines is 2. The van der Waals surface area contributed by atoms with Crippen molar-refractivity contribution in [2.45, 2.75) is 45.6 Å². The second-order valence-electron chi connectivity index (χ2n) is 7.75. The van der Waals surface area contributed by atoms with Crippen LogP contribution in [0.4, 0.5) is 38.1 Å². The Balaban J connectivity index is 0.000000570. The average Bonchev–Trinajstić information content (AvgIpc) is 3.05. The van der Waals surface area contributed by atoms with Crippen LogP contribution in [0.15, 0.2) is 12.3 Å². The highest BCUT2D eigenvalue weighted by atomic mass is 19.4. The number of halogens is 6. The van der Waals surface area contributed by atoms with Crippen LogP contribution in [0.3, 0.4) is 0 Å². The number of carboxylic acids is 2. The molecule has 0 amide bonds. The standard InChI is InChI=1S/C13H23N5.2C2HF3O2/c1-13(2,3)9-16-12-15-6-4-11(17-12)18-7-5-10(14)8-18;2*3-2(4,5)1(6)7/h4,6,10H,5,7-9,14H2,1-3H3,(H,15,16,17);2*(H,6,7)/t10-;;/m1../s1. The Bertz CT molecular complexity index is 728. The molecule has 1 aromatic heterocycles. The van der Waals surface area contributed by atoms with Gasteiger partial charge in [0.05, 0.1) is 0 Å². The Hall–Kier alpha value is -2.84. The Morgan fingerprint density at radius 2 is 1.59 bits per heavy atom. The van der Waals surface area contributed by atoms with Gasteiger partial charge in [0.1, 0.15) is 5.82 Å². The average molecular weight is 477 g/mol. The summed E-state index contributed by atoms with van der Waals surface area (Å²) in [6, 6.07) is 2.21. The van der Waals surface area contributed by atoms with E-state index in [1.165, 1.54) is 0 Å². The summed E-state index contributed by atoms with van der Waals surface area (Å²) >= 11 is 0. The summed E-state index contributed by atoms with van der Waals surface area (Å²) < 4.78 is 63.5. The highest BCUT2D eigenvalue weighted by molar-refractivity contribution is 5.73. The zero-order chi connectivity index (χ0) is 25.3. The van der Waals surface area contributed by atoms with Crippen LogP contribution in [0, 0.1) is 5.41 Å². The monoisotopic (exact) mass is 477 g/mol. The van der Waals surface area contributed by atoms with Crippen LogP contribution in [0.25, 0.3) is 0 Å². The van der Waals surface area contributed by atoms with Crippen molar-refractivity contribution in [3.05, 3.63) is 12.3 Å². The lowest BCUT2D eigenvalue weighted by Crippen LogP contribution is -2.27. The topological polar surface area (TPSA) is 142 Å². The van der Waals surface area contributed by atoms with E-state index in [2.05, 4.69) is 41.0 Å². The Labute approximate surface area is 179 Å². The molecule has 1 saturated heterocycles. The lowest BCUT2D eigenvalue weighted by Gasteiger charge is -2.20. The number of carboxylic acid groups (broad SMARTS) is 2. The summed E-state index contributed by atoms with van der Waals surface area (Å²) in [5.74, 6) is -3.85. The lowest BCUT2D eigenvalue weighted by molar-refractivity contribution is -0.193. The molecule has 0 aromatic carbocycles. The maximum Gasteiger partial charge on any atom is 0.490 e. The van der Waals surface area contributed by atoms with Crippen LogP contribution in [0.2, 0.25) is 0 Å². The largest absolute Gasteiger partial charge is 0.490 e. The van der Waals surface area contributed by atoms with Gasteiger partial charge in [-0.3, -0.25) is 0 Å². The summed E-state index contributed by atoms with van der Waals surface area (Å²) in [6.45, 7) is 9.28. The minimum atomic E-state index is -5.08. The minimum Gasteiger partial charge on any atom is -0.475 e. The first-order chi connectivity index (χ1) is 14.3. The van der Waals surface area contributed by atoms with Gasteiger partial charge in [0.25, 0.3) is 0 Å². The second kappa shape index (κ2) is 11.7. The molecule has 5 N–H and O–H groups in total. The predicted molar refractivity (Wildman–Crippen MR) is 102 cm³/mol. The van der Waals surface area contributed by atoms with Crippen molar-refractivity contribution in [3.63, 3.8) is 0 Å². The van der Waals surface area contributed by atoms with Crippen molar-refractivity contribution < 1.29 is 46.1 Å². The third kappa shape index (κ3) is 12.8. The minimum absolute atomic E-state index is 0.218. The quantitative estimate of drug-likeness (QED) is 0.484. The molecule has 9 nitrogen and oxygen atoms in total. The van der Waals surface area contributed by atoms with E-state index in [-0.39, 0.29) is 11.5 Å². The molecule has 1 atom stereocenters. The highest BCUT2D eigenvalue weighted by Crippen LogP contribution is 2.19. The molecular weight excluding hydrogens is 452 g/mol. The Morgan fingerprint density at radius 1 is 1.12 bits per heavy atom. The molecule has 1 aliphatic heterocycles. The van der Waals surface area contributed by atoms with Gasteiger partial charge in [-0.1, -0.05) is 20.8 Å². The van der Waals surface area contributed by atoms with Crippen molar-refractivity contribution >= 4 is 23.7 Å². The molecule has 0 spiro atoms. The number of aromatic nitrogens is 2. The molecule has 0 aliphatic carbocycles. The number of hydrogen-bond donors (Lipinski definition) is 4. The van der Waals surface area contributed by atoms with Crippen molar-refractivity contribution in [1.29, 1.82) is 0 Å². The van der Waals surface area contributed by atoms with Gasteiger partial charge in [-0.15, -0.1) is 0 Å². The first-order valence-electron chi connectivity index (χ1n) is 9.00. The van der Waals surface area contributed by atoms with E-state index in [0.29, 0.717) is 5.95 Å². The Morgan fingerprint density at radius 3 is 1.94 bits per heavy atom. The first-order valence-corrected chi connectivity index (χ1v) is 9.00. The van der Waals surface area contributed by atoms with Crippen molar-refractivity contribution in [3.8, 4) is 0 Å². The number of aliphatic carboxylic acids is 2. The molecule has 184 valence electrons. The van der Waals surface area contributed by atoms with Crippen molar-refractivity contribution in [2.24, 2.45) is 11.1 Å². The summed E-state index contributed by atoms with van der Waals surface area (Å²) in [5.41, 5.74) is 6.13. The third-order valence-corrected chi connectivity index (χ3v) is 3.45. The van der Waals surface area contributed by atoms with Crippen LogP contribution in [-0.2, 0) is 9.59 Å². The van der Waals surface area contributed by atoms with Gasteiger partial charge in [0, 0.05) is 31.9 Å². The summed E-state index contributed by atoms with van der Waals surface area (Å²) in [7, 11) is 0. The lowest BCUT2D eigenvalue weighted by atomic mass is 9.97. The normalized spacial score (nSPS) is 16.3. The van der Waals surface area contributed by atoms with Gasteiger partial charge in [0.2, 0.25) is 5.95 Å². The molecule has 1 aromatic rings. The Kier molecular flexibility index (Phi) is 10.6. The summed E-state index contributed by atoms with van der Waals surface area (Å²) in [6.07, 6.45) is -7.33. The molecule has 2 heterocycles. The number of nitrogens with one attached hydrogen (secondary N) is 1. The van der Waals surface area contributed by atoms with Crippen LogP contribution >= 0.6 is 0 Å². The van der Waals surface area contributed by atoms with Gasteiger partial charge in [-0.05, 0) is 17.9 Å². The van der Waals surface area contributed by atoms with Crippen molar-refractivity contribution in [2.75, 3.05) is 29.9 Å². The van der Waals surface area contributed by atoms with Crippen LogP contribution < -0.4 is 16.0 Å². The van der Waals surface area contributed by atoms with Crippen LogP contribution in [0.5, 0.6) is 0 Å². The van der Waals surface area contributed by atoms with E-state index in [4.69, 9.17) is 25.5 Å². The van der Waals surface area contributed by atoms with Crippen LogP contribution in [-0.4, -0.2) is 70.1 Å². The van der Waals surface area contributed by atoms with E-state index in [1.807, 2.05) is 6.07 Å². The van der Waals surface area contributed by atoms with Gasteiger partial charge in [0.15, 0.2) is 0 Å².